The molecule has 0 saturated heterocycles. The summed E-state index contributed by atoms with van der Waals surface area (Å²) in [5, 5.41) is 12.5. The van der Waals surface area contributed by atoms with Crippen molar-refractivity contribution in [3.8, 4) is 5.75 Å². The summed E-state index contributed by atoms with van der Waals surface area (Å²) in [5.74, 6) is -0.330. The second kappa shape index (κ2) is 6.47. The zero-order valence-corrected chi connectivity index (χ0v) is 12.9. The van der Waals surface area contributed by atoms with Gasteiger partial charge in [-0.3, -0.25) is 4.79 Å². The Morgan fingerprint density at radius 1 is 1.29 bits per heavy atom. The van der Waals surface area contributed by atoms with Crippen molar-refractivity contribution in [2.45, 2.75) is 43.9 Å². The van der Waals surface area contributed by atoms with Crippen LogP contribution in [0.1, 0.15) is 39.0 Å². The first kappa shape index (κ1) is 15.8. The predicted molar refractivity (Wildman–Crippen MR) is 81.0 cm³/mol. The van der Waals surface area contributed by atoms with E-state index in [9.17, 15) is 18.3 Å². The summed E-state index contributed by atoms with van der Waals surface area (Å²) in [5.41, 5.74) is 0.167. The fraction of sp³-hybridized carbons (Fsp3) is 0.533. The summed E-state index contributed by atoms with van der Waals surface area (Å²) in [6.07, 6.45) is 4.92. The number of amides is 1. The van der Waals surface area contributed by atoms with Gasteiger partial charge in [0.05, 0.1) is 16.3 Å². The number of carbonyl (C=O) groups is 1. The minimum absolute atomic E-state index is 0.0201. The topological polar surface area (TPSA) is 83.5 Å². The van der Waals surface area contributed by atoms with E-state index in [1.54, 1.807) is 6.92 Å². The summed E-state index contributed by atoms with van der Waals surface area (Å²) < 4.78 is 23.7. The third-order valence-electron chi connectivity index (χ3n) is 3.94. The van der Waals surface area contributed by atoms with E-state index in [-0.39, 0.29) is 33.9 Å². The zero-order valence-electron chi connectivity index (χ0n) is 12.1. The first-order chi connectivity index (χ1) is 9.94. The van der Waals surface area contributed by atoms with Gasteiger partial charge in [0.25, 0.3) is 0 Å². The largest absolute Gasteiger partial charge is 0.506 e. The highest BCUT2D eigenvalue weighted by Gasteiger charge is 2.22. The van der Waals surface area contributed by atoms with E-state index in [4.69, 9.17) is 0 Å². The monoisotopic (exact) mass is 311 g/mol. The van der Waals surface area contributed by atoms with Crippen molar-refractivity contribution in [3.05, 3.63) is 18.2 Å². The Kier molecular flexibility index (Phi) is 4.88. The Labute approximate surface area is 125 Å². The Balaban J connectivity index is 2.19. The predicted octanol–water partition coefficient (Wildman–Crippen LogP) is 2.70. The third-order valence-corrected chi connectivity index (χ3v) is 5.67. The van der Waals surface area contributed by atoms with E-state index in [1.165, 1.54) is 18.2 Å². The van der Waals surface area contributed by atoms with Gasteiger partial charge < -0.3 is 10.4 Å². The molecule has 116 valence electrons. The van der Waals surface area contributed by atoms with Crippen LogP contribution in [0.2, 0.25) is 0 Å². The smallest absolute Gasteiger partial charge is 0.227 e. The molecule has 1 aliphatic carbocycles. The minimum Gasteiger partial charge on any atom is -0.506 e. The number of phenols is 1. The number of hydrogen-bond donors (Lipinski definition) is 2. The second-order valence-electron chi connectivity index (χ2n) is 5.41. The van der Waals surface area contributed by atoms with Gasteiger partial charge in [-0.2, -0.15) is 0 Å². The summed E-state index contributed by atoms with van der Waals surface area (Å²) in [6, 6.07) is 3.98. The van der Waals surface area contributed by atoms with Gasteiger partial charge in [-0.25, -0.2) is 8.42 Å². The molecular weight excluding hydrogens is 290 g/mol. The molecule has 0 aliphatic heterocycles. The Bertz CT molecular complexity index is 619. The van der Waals surface area contributed by atoms with Gasteiger partial charge in [0.2, 0.25) is 5.91 Å². The minimum atomic E-state index is -3.36. The Hall–Kier alpha value is -1.56. The fourth-order valence-electron chi connectivity index (χ4n) is 2.57. The molecule has 0 radical (unpaired) electrons. The molecule has 1 fully saturated rings. The highest BCUT2D eigenvalue weighted by Crippen LogP contribution is 2.29. The van der Waals surface area contributed by atoms with Crippen molar-refractivity contribution in [2.75, 3.05) is 11.1 Å². The summed E-state index contributed by atoms with van der Waals surface area (Å²) in [7, 11) is -3.36. The molecule has 0 aromatic heterocycles. The fourth-order valence-corrected chi connectivity index (χ4v) is 3.48. The molecule has 2 N–H and O–H groups in total. The first-order valence-corrected chi connectivity index (χ1v) is 8.96. The first-order valence-electron chi connectivity index (χ1n) is 7.30. The van der Waals surface area contributed by atoms with Crippen molar-refractivity contribution in [2.24, 2.45) is 5.92 Å². The molecule has 0 heterocycles. The van der Waals surface area contributed by atoms with E-state index in [0.717, 1.165) is 32.1 Å². The lowest BCUT2D eigenvalue weighted by molar-refractivity contribution is -0.120. The molecule has 0 atom stereocenters. The van der Waals surface area contributed by atoms with Crippen LogP contribution in [0.4, 0.5) is 5.69 Å². The lowest BCUT2D eigenvalue weighted by Gasteiger charge is -2.21. The van der Waals surface area contributed by atoms with Gasteiger partial charge >= 0.3 is 0 Å². The number of rotatable bonds is 4. The quantitative estimate of drug-likeness (QED) is 0.837. The average molecular weight is 311 g/mol. The standard InChI is InChI=1S/C15H21NO4S/c1-2-21(19,20)12-8-9-14(17)13(10-12)16-15(18)11-6-4-3-5-7-11/h8-11,17H,2-7H2,1H3,(H,16,18). The van der Waals surface area contributed by atoms with Gasteiger partial charge in [-0.05, 0) is 31.0 Å². The van der Waals surface area contributed by atoms with Crippen LogP contribution in [-0.2, 0) is 14.6 Å². The molecule has 1 amide bonds. The molecule has 0 bridgehead atoms. The third kappa shape index (κ3) is 3.75. The molecule has 6 heteroatoms. The van der Waals surface area contributed by atoms with Crippen molar-refractivity contribution in [3.63, 3.8) is 0 Å². The van der Waals surface area contributed by atoms with Crippen LogP contribution < -0.4 is 5.32 Å². The van der Waals surface area contributed by atoms with Crippen molar-refractivity contribution in [1.82, 2.24) is 0 Å². The maximum atomic E-state index is 12.2. The van der Waals surface area contributed by atoms with Crippen molar-refractivity contribution < 1.29 is 18.3 Å². The van der Waals surface area contributed by atoms with Crippen LogP contribution in [-0.4, -0.2) is 25.2 Å². The molecule has 1 aromatic rings. The van der Waals surface area contributed by atoms with Gasteiger partial charge in [0.1, 0.15) is 5.75 Å². The van der Waals surface area contributed by atoms with Gasteiger partial charge in [0.15, 0.2) is 9.84 Å². The molecule has 1 saturated carbocycles. The van der Waals surface area contributed by atoms with Gasteiger partial charge in [0, 0.05) is 5.92 Å². The Morgan fingerprint density at radius 3 is 2.57 bits per heavy atom. The number of carbonyl (C=O) groups excluding carboxylic acids is 1. The average Bonchev–Trinajstić information content (AvgIpc) is 2.50. The van der Waals surface area contributed by atoms with Crippen LogP contribution in [0, 0.1) is 5.92 Å². The molecular formula is C15H21NO4S. The van der Waals surface area contributed by atoms with Crippen LogP contribution >= 0.6 is 0 Å². The van der Waals surface area contributed by atoms with Crippen LogP contribution in [0.15, 0.2) is 23.1 Å². The van der Waals surface area contributed by atoms with E-state index >= 15 is 0 Å². The molecule has 5 nitrogen and oxygen atoms in total. The lowest BCUT2D eigenvalue weighted by Crippen LogP contribution is -2.24. The molecule has 0 unspecified atom stereocenters. The number of phenolic OH excluding ortho intramolecular Hbond substituents is 1. The van der Waals surface area contributed by atoms with Crippen molar-refractivity contribution >= 4 is 21.4 Å². The summed E-state index contributed by atoms with van der Waals surface area (Å²) in [6.45, 7) is 1.56. The highest BCUT2D eigenvalue weighted by molar-refractivity contribution is 7.91. The highest BCUT2D eigenvalue weighted by atomic mass is 32.2. The summed E-state index contributed by atoms with van der Waals surface area (Å²) >= 11 is 0. The van der Waals surface area contributed by atoms with Gasteiger partial charge in [-0.1, -0.05) is 26.2 Å². The van der Waals surface area contributed by atoms with Gasteiger partial charge in [-0.15, -0.1) is 0 Å². The number of anilines is 1. The van der Waals surface area contributed by atoms with Crippen molar-refractivity contribution in [1.29, 1.82) is 0 Å². The molecule has 2 rings (SSSR count). The molecule has 1 aromatic carbocycles. The van der Waals surface area contributed by atoms with E-state index in [2.05, 4.69) is 5.32 Å². The maximum Gasteiger partial charge on any atom is 0.227 e. The van der Waals surface area contributed by atoms with E-state index in [0.29, 0.717) is 0 Å². The molecule has 1 aliphatic rings. The number of benzene rings is 1. The molecule has 0 spiro atoms. The molecule has 21 heavy (non-hydrogen) atoms. The second-order valence-corrected chi connectivity index (χ2v) is 7.68. The van der Waals surface area contributed by atoms with Crippen LogP contribution in [0.3, 0.4) is 0 Å². The number of nitrogens with one attached hydrogen (secondary N) is 1. The van der Waals surface area contributed by atoms with Crippen LogP contribution in [0.25, 0.3) is 0 Å². The number of sulfone groups is 1. The normalized spacial score (nSPS) is 16.6. The number of hydrogen-bond acceptors (Lipinski definition) is 4. The zero-order chi connectivity index (χ0) is 15.5. The SMILES string of the molecule is CCS(=O)(=O)c1ccc(O)c(NC(=O)C2CCCCC2)c1. The number of aromatic hydroxyl groups is 1. The summed E-state index contributed by atoms with van der Waals surface area (Å²) in [4.78, 5) is 12.3. The lowest BCUT2D eigenvalue weighted by atomic mass is 9.88. The van der Waals surface area contributed by atoms with E-state index in [1.807, 2.05) is 0 Å². The maximum absolute atomic E-state index is 12.2. The van der Waals surface area contributed by atoms with E-state index < -0.39 is 9.84 Å². The Morgan fingerprint density at radius 2 is 1.95 bits per heavy atom. The van der Waals surface area contributed by atoms with Crippen LogP contribution in [0.5, 0.6) is 5.75 Å².